The number of carbonyl (C=O) groups is 1. The number of aromatic amines is 1. The van der Waals surface area contributed by atoms with Gasteiger partial charge in [0.25, 0.3) is 5.56 Å². The second-order valence-electron chi connectivity index (χ2n) is 7.96. The molecule has 0 unspecified atom stereocenters. The minimum atomic E-state index is -3.22. The van der Waals surface area contributed by atoms with E-state index in [9.17, 15) is 18.0 Å². The Morgan fingerprint density at radius 3 is 2.55 bits per heavy atom. The summed E-state index contributed by atoms with van der Waals surface area (Å²) in [6.45, 7) is 8.12. The molecule has 1 atom stereocenters. The van der Waals surface area contributed by atoms with Crippen molar-refractivity contribution in [3.8, 4) is 0 Å². The molecule has 10 heteroatoms. The van der Waals surface area contributed by atoms with Gasteiger partial charge in [0.2, 0.25) is 15.9 Å². The van der Waals surface area contributed by atoms with Crippen LogP contribution in [0, 0.1) is 18.8 Å². The van der Waals surface area contributed by atoms with Crippen molar-refractivity contribution in [3.63, 3.8) is 0 Å². The van der Waals surface area contributed by atoms with Gasteiger partial charge >= 0.3 is 0 Å². The number of aromatic nitrogens is 3. The highest BCUT2D eigenvalue weighted by Crippen LogP contribution is 2.24. The molecule has 1 aliphatic rings. The van der Waals surface area contributed by atoms with Crippen LogP contribution in [0.1, 0.15) is 51.0 Å². The Balaban J connectivity index is 1.75. The maximum absolute atomic E-state index is 12.9. The summed E-state index contributed by atoms with van der Waals surface area (Å²) in [5.41, 5.74) is 1.65. The van der Waals surface area contributed by atoms with Gasteiger partial charge in [0.1, 0.15) is 0 Å². The van der Waals surface area contributed by atoms with E-state index >= 15 is 0 Å². The van der Waals surface area contributed by atoms with E-state index in [1.54, 1.807) is 13.0 Å². The highest BCUT2D eigenvalue weighted by molar-refractivity contribution is 7.89. The minimum absolute atomic E-state index is 0.0360. The highest BCUT2D eigenvalue weighted by Gasteiger charge is 2.32. The Morgan fingerprint density at radius 2 is 1.97 bits per heavy atom. The lowest BCUT2D eigenvalue weighted by Gasteiger charge is -2.31. The third-order valence-corrected chi connectivity index (χ3v) is 7.35. The molecule has 0 aliphatic carbocycles. The molecule has 0 bridgehead atoms. The van der Waals surface area contributed by atoms with Gasteiger partial charge in [0.15, 0.2) is 5.65 Å². The van der Waals surface area contributed by atoms with Gasteiger partial charge in [0, 0.05) is 36.8 Å². The third kappa shape index (κ3) is 4.53. The highest BCUT2D eigenvalue weighted by atomic mass is 32.2. The number of hydrogen-bond acceptors (Lipinski definition) is 5. The first-order valence-electron chi connectivity index (χ1n) is 10.00. The number of nitrogens with one attached hydrogen (secondary N) is 2. The summed E-state index contributed by atoms with van der Waals surface area (Å²) < 4.78 is 26.8. The predicted octanol–water partition coefficient (Wildman–Crippen LogP) is 1.21. The van der Waals surface area contributed by atoms with Crippen LogP contribution in [-0.2, 0) is 14.8 Å². The lowest BCUT2D eigenvalue weighted by Crippen LogP contribution is -2.44. The number of fused-ring (bicyclic) bond motifs is 1. The van der Waals surface area contributed by atoms with Crippen LogP contribution in [0.2, 0.25) is 0 Å². The molecule has 9 nitrogen and oxygen atoms in total. The standard InChI is InChI=1S/C19H29N5O4S/c1-5-29(27,28)23-8-6-14(7-9-23)19(26)21-18(12(2)3)15-11-17(25)24-16(20-15)10-13(4)22-24/h10-12,14,18,22H,5-9H2,1-4H3,(H,21,26)/t18-/m1/s1. The first-order chi connectivity index (χ1) is 13.6. The molecule has 0 spiro atoms. The maximum Gasteiger partial charge on any atom is 0.272 e. The van der Waals surface area contributed by atoms with E-state index in [2.05, 4.69) is 15.4 Å². The van der Waals surface area contributed by atoms with Gasteiger partial charge in [-0.1, -0.05) is 13.8 Å². The number of hydrogen-bond donors (Lipinski definition) is 2. The fourth-order valence-electron chi connectivity index (χ4n) is 3.72. The monoisotopic (exact) mass is 423 g/mol. The molecule has 160 valence electrons. The van der Waals surface area contributed by atoms with Gasteiger partial charge in [-0.25, -0.2) is 22.2 Å². The van der Waals surface area contributed by atoms with Crippen LogP contribution < -0.4 is 10.9 Å². The van der Waals surface area contributed by atoms with Crippen LogP contribution >= 0.6 is 0 Å². The summed E-state index contributed by atoms with van der Waals surface area (Å²) >= 11 is 0. The van der Waals surface area contributed by atoms with Crippen LogP contribution in [0.3, 0.4) is 0 Å². The van der Waals surface area contributed by atoms with Crippen LogP contribution in [0.5, 0.6) is 0 Å². The Kier molecular flexibility index (Phi) is 6.13. The smallest absolute Gasteiger partial charge is 0.272 e. The average Bonchev–Trinajstić information content (AvgIpc) is 3.06. The van der Waals surface area contributed by atoms with E-state index in [0.717, 1.165) is 5.69 Å². The number of rotatable bonds is 6. The lowest BCUT2D eigenvalue weighted by molar-refractivity contribution is -0.127. The van der Waals surface area contributed by atoms with Gasteiger partial charge in [-0.3, -0.25) is 14.7 Å². The van der Waals surface area contributed by atoms with E-state index in [-0.39, 0.29) is 29.1 Å². The number of carbonyl (C=O) groups excluding carboxylic acids is 1. The van der Waals surface area contributed by atoms with Crippen molar-refractivity contribution in [2.24, 2.45) is 11.8 Å². The van der Waals surface area contributed by atoms with E-state index in [4.69, 9.17) is 0 Å². The van der Waals surface area contributed by atoms with Crippen molar-refractivity contribution in [2.45, 2.75) is 46.6 Å². The zero-order chi connectivity index (χ0) is 21.3. The zero-order valence-corrected chi connectivity index (χ0v) is 18.1. The zero-order valence-electron chi connectivity index (χ0n) is 17.3. The summed E-state index contributed by atoms with van der Waals surface area (Å²) in [5.74, 6) is -0.265. The van der Waals surface area contributed by atoms with E-state index in [0.29, 0.717) is 37.3 Å². The molecular weight excluding hydrogens is 394 g/mol. The number of nitrogens with zero attached hydrogens (tertiary/aromatic N) is 3. The fraction of sp³-hybridized carbons (Fsp3) is 0.632. The molecule has 1 amide bonds. The van der Waals surface area contributed by atoms with Crippen molar-refractivity contribution in [1.29, 1.82) is 0 Å². The third-order valence-electron chi connectivity index (χ3n) is 5.46. The van der Waals surface area contributed by atoms with Crippen LogP contribution in [0.25, 0.3) is 5.65 Å². The molecular formula is C19H29N5O4S. The second kappa shape index (κ2) is 8.27. The number of piperidine rings is 1. The molecule has 1 fully saturated rings. The van der Waals surface area contributed by atoms with Gasteiger partial charge in [-0.05, 0) is 32.6 Å². The van der Waals surface area contributed by atoms with Crippen molar-refractivity contribution >= 4 is 21.6 Å². The molecule has 3 rings (SSSR count). The minimum Gasteiger partial charge on any atom is -0.347 e. The molecule has 0 saturated carbocycles. The Labute approximate surface area is 170 Å². The van der Waals surface area contributed by atoms with Crippen molar-refractivity contribution in [3.05, 3.63) is 33.9 Å². The van der Waals surface area contributed by atoms with Crippen molar-refractivity contribution in [2.75, 3.05) is 18.8 Å². The Bertz CT molecular complexity index is 1050. The van der Waals surface area contributed by atoms with Crippen LogP contribution in [-0.4, -0.2) is 52.1 Å². The molecule has 3 heterocycles. The molecule has 2 N–H and O–H groups in total. The van der Waals surface area contributed by atoms with Crippen molar-refractivity contribution < 1.29 is 13.2 Å². The van der Waals surface area contributed by atoms with E-state index in [1.165, 1.54) is 14.9 Å². The van der Waals surface area contributed by atoms with Crippen LogP contribution in [0.15, 0.2) is 16.9 Å². The molecule has 2 aromatic heterocycles. The molecule has 0 radical (unpaired) electrons. The summed E-state index contributed by atoms with van der Waals surface area (Å²) in [6, 6.07) is 2.84. The first kappa shape index (κ1) is 21.5. The van der Waals surface area contributed by atoms with E-state index in [1.807, 2.05) is 20.8 Å². The molecule has 29 heavy (non-hydrogen) atoms. The topological polar surface area (TPSA) is 117 Å². The average molecular weight is 424 g/mol. The Hall–Kier alpha value is -2.20. The van der Waals surface area contributed by atoms with E-state index < -0.39 is 16.1 Å². The summed E-state index contributed by atoms with van der Waals surface area (Å²) in [5, 5.41) is 5.98. The summed E-state index contributed by atoms with van der Waals surface area (Å²) in [6.07, 6.45) is 0.976. The quantitative estimate of drug-likeness (QED) is 0.724. The van der Waals surface area contributed by atoms with Crippen molar-refractivity contribution in [1.82, 2.24) is 24.2 Å². The molecule has 1 aliphatic heterocycles. The maximum atomic E-state index is 12.9. The number of H-pyrrole nitrogens is 1. The number of amides is 1. The second-order valence-corrected chi connectivity index (χ2v) is 10.2. The predicted molar refractivity (Wildman–Crippen MR) is 110 cm³/mol. The SMILES string of the molecule is CCS(=O)(=O)N1CCC(C(=O)N[C@@H](c2cc(=O)n3[nH]c(C)cc3n2)C(C)C)CC1. The number of aryl methyl sites for hydroxylation is 1. The summed E-state index contributed by atoms with van der Waals surface area (Å²) in [7, 11) is -3.22. The summed E-state index contributed by atoms with van der Waals surface area (Å²) in [4.78, 5) is 29.8. The normalized spacial score (nSPS) is 17.7. The van der Waals surface area contributed by atoms with Gasteiger partial charge in [-0.2, -0.15) is 0 Å². The molecule has 0 aromatic carbocycles. The lowest BCUT2D eigenvalue weighted by atomic mass is 9.94. The van der Waals surface area contributed by atoms with Gasteiger partial charge in [-0.15, -0.1) is 0 Å². The largest absolute Gasteiger partial charge is 0.347 e. The van der Waals surface area contributed by atoms with Crippen LogP contribution in [0.4, 0.5) is 0 Å². The first-order valence-corrected chi connectivity index (χ1v) is 11.6. The fourth-order valence-corrected chi connectivity index (χ4v) is 4.85. The number of sulfonamides is 1. The van der Waals surface area contributed by atoms with Gasteiger partial charge < -0.3 is 5.32 Å². The Morgan fingerprint density at radius 1 is 1.31 bits per heavy atom. The van der Waals surface area contributed by atoms with Gasteiger partial charge in [0.05, 0.1) is 17.5 Å². The molecule has 1 saturated heterocycles. The molecule has 2 aromatic rings.